The summed E-state index contributed by atoms with van der Waals surface area (Å²) in [6.45, 7) is 6.86. The summed E-state index contributed by atoms with van der Waals surface area (Å²) in [5.41, 5.74) is 7.92. The molecule has 0 N–H and O–H groups in total. The summed E-state index contributed by atoms with van der Waals surface area (Å²) in [7, 11) is 0. The highest BCUT2D eigenvalue weighted by Crippen LogP contribution is 2.44. The fourth-order valence-electron chi connectivity index (χ4n) is 6.25. The molecule has 2 heterocycles. The molecular formula is C36H27N. The minimum Gasteiger partial charge on any atom is -0.308 e. The van der Waals surface area contributed by atoms with Crippen LogP contribution >= 0.6 is 0 Å². The summed E-state index contributed by atoms with van der Waals surface area (Å²) >= 11 is 0. The van der Waals surface area contributed by atoms with Crippen LogP contribution < -0.4 is 0 Å². The van der Waals surface area contributed by atoms with Crippen molar-refractivity contribution in [1.29, 1.82) is 0 Å². The van der Waals surface area contributed by atoms with Crippen molar-refractivity contribution < 1.29 is 0 Å². The maximum absolute atomic E-state index is 2.50. The molecule has 2 aromatic heterocycles. The molecule has 0 saturated carbocycles. The molecule has 0 bridgehead atoms. The van der Waals surface area contributed by atoms with Gasteiger partial charge in [0, 0.05) is 21.5 Å². The first-order valence-corrected chi connectivity index (χ1v) is 13.1. The van der Waals surface area contributed by atoms with E-state index in [-0.39, 0.29) is 5.41 Å². The quantitative estimate of drug-likeness (QED) is 0.223. The Hall–Kier alpha value is -4.36. The maximum atomic E-state index is 2.50. The summed E-state index contributed by atoms with van der Waals surface area (Å²) in [6.07, 6.45) is 0. The fourth-order valence-corrected chi connectivity index (χ4v) is 6.25. The normalized spacial score (nSPS) is 12.7. The van der Waals surface area contributed by atoms with E-state index >= 15 is 0 Å². The third kappa shape index (κ3) is 2.92. The molecule has 0 radical (unpaired) electrons. The van der Waals surface area contributed by atoms with Crippen molar-refractivity contribution in [2.75, 3.05) is 0 Å². The van der Waals surface area contributed by atoms with E-state index in [0.29, 0.717) is 0 Å². The van der Waals surface area contributed by atoms with E-state index in [1.807, 2.05) is 0 Å². The Kier molecular flexibility index (Phi) is 4.00. The fraction of sp³-hybridized carbons (Fsp3) is 0.111. The van der Waals surface area contributed by atoms with Gasteiger partial charge in [-0.25, -0.2) is 0 Å². The Morgan fingerprint density at radius 3 is 1.49 bits per heavy atom. The Bertz CT molecular complexity index is 2050. The van der Waals surface area contributed by atoms with Gasteiger partial charge in [-0.1, -0.05) is 93.6 Å². The van der Waals surface area contributed by atoms with Gasteiger partial charge in [0.2, 0.25) is 0 Å². The number of hydrogen-bond acceptors (Lipinski definition) is 0. The average Bonchev–Trinajstić information content (AvgIpc) is 3.40. The first kappa shape index (κ1) is 20.8. The second kappa shape index (κ2) is 7.11. The lowest BCUT2D eigenvalue weighted by Crippen LogP contribution is -2.10. The van der Waals surface area contributed by atoms with Crippen molar-refractivity contribution in [3.63, 3.8) is 0 Å². The Balaban J connectivity index is 1.57. The zero-order chi connectivity index (χ0) is 24.9. The lowest BCUT2D eigenvalue weighted by atomic mass is 9.85. The number of hydrogen-bond donors (Lipinski definition) is 0. The zero-order valence-corrected chi connectivity index (χ0v) is 21.3. The highest BCUT2D eigenvalue weighted by atomic mass is 14.9. The summed E-state index contributed by atoms with van der Waals surface area (Å²) < 4.78 is 2.50. The van der Waals surface area contributed by atoms with Crippen LogP contribution in [0.5, 0.6) is 0 Å². The van der Waals surface area contributed by atoms with Gasteiger partial charge in [0.1, 0.15) is 0 Å². The molecule has 0 saturated heterocycles. The highest BCUT2D eigenvalue weighted by molar-refractivity contribution is 6.26. The van der Waals surface area contributed by atoms with Gasteiger partial charge in [0.25, 0.3) is 0 Å². The lowest BCUT2D eigenvalue weighted by Gasteiger charge is -2.20. The van der Waals surface area contributed by atoms with Crippen molar-refractivity contribution in [2.24, 2.45) is 0 Å². The molecule has 6 aromatic carbocycles. The van der Waals surface area contributed by atoms with Crippen LogP contribution in [0.15, 0.2) is 109 Å². The Labute approximate surface area is 215 Å². The van der Waals surface area contributed by atoms with Gasteiger partial charge < -0.3 is 4.40 Å². The molecule has 0 atom stereocenters. The Morgan fingerprint density at radius 1 is 0.459 bits per heavy atom. The van der Waals surface area contributed by atoms with E-state index in [1.165, 1.54) is 76.3 Å². The molecule has 1 nitrogen and oxygen atoms in total. The first-order valence-electron chi connectivity index (χ1n) is 13.1. The molecule has 0 amide bonds. The number of aromatic nitrogens is 1. The van der Waals surface area contributed by atoms with Gasteiger partial charge in [0.15, 0.2) is 0 Å². The SMILES string of the molecule is CC(C)(C)c1cccc(-c2cc3c4cc5ccccc5cc4n4c5cc6ccccc6cc5c(c2)c34)c1. The number of fused-ring (bicyclic) bond motifs is 8. The van der Waals surface area contributed by atoms with Crippen molar-refractivity contribution >= 4 is 59.6 Å². The molecule has 37 heavy (non-hydrogen) atoms. The van der Waals surface area contributed by atoms with Crippen LogP contribution in [0.3, 0.4) is 0 Å². The van der Waals surface area contributed by atoms with Crippen molar-refractivity contribution in [2.45, 2.75) is 26.2 Å². The van der Waals surface area contributed by atoms with Crippen LogP contribution in [-0.4, -0.2) is 4.40 Å². The van der Waals surface area contributed by atoms with Crippen LogP contribution in [0.1, 0.15) is 26.3 Å². The largest absolute Gasteiger partial charge is 0.308 e. The lowest BCUT2D eigenvalue weighted by molar-refractivity contribution is 0.590. The standard InChI is InChI=1S/C36H27N/c1-36(2,3)28-14-8-13-22(15-28)27-18-31-29-16-23-9-4-6-11-25(23)20-33(29)37-34-21-26-12-7-5-10-24(26)17-30(34)32(19-27)35(31)37/h4-21H,1-3H3. The Morgan fingerprint density at radius 2 is 0.973 bits per heavy atom. The van der Waals surface area contributed by atoms with Gasteiger partial charge in [0.05, 0.1) is 16.6 Å². The third-order valence-electron chi connectivity index (χ3n) is 8.19. The first-order chi connectivity index (χ1) is 18.0. The second-order valence-corrected chi connectivity index (χ2v) is 11.5. The molecule has 0 aliphatic carbocycles. The van der Waals surface area contributed by atoms with Crippen molar-refractivity contribution in [1.82, 2.24) is 4.40 Å². The van der Waals surface area contributed by atoms with Gasteiger partial charge in [-0.15, -0.1) is 0 Å². The zero-order valence-electron chi connectivity index (χ0n) is 21.3. The molecule has 0 aliphatic rings. The van der Waals surface area contributed by atoms with Gasteiger partial charge in [-0.3, -0.25) is 0 Å². The topological polar surface area (TPSA) is 4.41 Å². The molecule has 0 unspecified atom stereocenters. The summed E-state index contributed by atoms with van der Waals surface area (Å²) in [4.78, 5) is 0. The highest BCUT2D eigenvalue weighted by Gasteiger charge is 2.21. The third-order valence-corrected chi connectivity index (χ3v) is 8.19. The van der Waals surface area contributed by atoms with E-state index in [0.717, 1.165) is 0 Å². The van der Waals surface area contributed by atoms with Crippen LogP contribution in [0.4, 0.5) is 0 Å². The molecule has 176 valence electrons. The minimum absolute atomic E-state index is 0.108. The van der Waals surface area contributed by atoms with Crippen LogP contribution in [-0.2, 0) is 5.41 Å². The van der Waals surface area contributed by atoms with E-state index < -0.39 is 0 Å². The summed E-state index contributed by atoms with van der Waals surface area (Å²) in [6, 6.07) is 40.9. The molecule has 0 spiro atoms. The predicted octanol–water partition coefficient (Wildman–Crippen LogP) is 10.1. The molecule has 0 fully saturated rings. The maximum Gasteiger partial charge on any atom is 0.0620 e. The van der Waals surface area contributed by atoms with E-state index in [4.69, 9.17) is 0 Å². The van der Waals surface area contributed by atoms with E-state index in [9.17, 15) is 0 Å². The monoisotopic (exact) mass is 473 g/mol. The van der Waals surface area contributed by atoms with Gasteiger partial charge >= 0.3 is 0 Å². The number of benzene rings is 6. The second-order valence-electron chi connectivity index (χ2n) is 11.5. The number of rotatable bonds is 1. The molecular weight excluding hydrogens is 446 g/mol. The average molecular weight is 474 g/mol. The summed E-state index contributed by atoms with van der Waals surface area (Å²) in [5.74, 6) is 0. The van der Waals surface area contributed by atoms with Crippen LogP contribution in [0, 0.1) is 0 Å². The molecule has 0 aliphatic heterocycles. The van der Waals surface area contributed by atoms with Gasteiger partial charge in [-0.2, -0.15) is 0 Å². The molecule has 8 aromatic rings. The molecule has 1 heteroatoms. The van der Waals surface area contributed by atoms with Crippen molar-refractivity contribution in [3.05, 3.63) is 115 Å². The smallest absolute Gasteiger partial charge is 0.0620 e. The van der Waals surface area contributed by atoms with E-state index in [1.54, 1.807) is 0 Å². The molecule has 8 rings (SSSR count). The van der Waals surface area contributed by atoms with E-state index in [2.05, 4.69) is 134 Å². The predicted molar refractivity (Wildman–Crippen MR) is 160 cm³/mol. The minimum atomic E-state index is 0.108. The number of nitrogens with zero attached hydrogens (tertiary/aromatic N) is 1. The van der Waals surface area contributed by atoms with Crippen LogP contribution in [0.2, 0.25) is 0 Å². The van der Waals surface area contributed by atoms with Gasteiger partial charge in [-0.05, 0) is 80.0 Å². The summed E-state index contributed by atoms with van der Waals surface area (Å²) in [5, 5.41) is 10.4. The van der Waals surface area contributed by atoms with Crippen LogP contribution in [0.25, 0.3) is 70.8 Å². The van der Waals surface area contributed by atoms with Crippen molar-refractivity contribution in [3.8, 4) is 11.1 Å².